The third-order valence-electron chi connectivity index (χ3n) is 1.01. The average molecular weight is 187 g/mol. The molecule has 0 aromatic carbocycles. The quantitative estimate of drug-likeness (QED) is 0.672. The summed E-state index contributed by atoms with van der Waals surface area (Å²) in [5.74, 6) is 0. The van der Waals surface area contributed by atoms with Gasteiger partial charge in [0.1, 0.15) is 0 Å². The van der Waals surface area contributed by atoms with E-state index < -0.39 is 10.8 Å². The lowest BCUT2D eigenvalue weighted by atomic mass is 10.5. The highest BCUT2D eigenvalue weighted by Gasteiger charge is 1.94. The minimum absolute atomic E-state index is 0.622. The molecule has 1 rings (SSSR count). The second-order valence-electron chi connectivity index (χ2n) is 2.00. The molecule has 1 aromatic heterocycles. The van der Waals surface area contributed by atoms with Gasteiger partial charge in [-0.3, -0.25) is 4.21 Å². The Hall–Kier alpha value is -0.350. The van der Waals surface area contributed by atoms with Gasteiger partial charge in [0.15, 0.2) is 0 Å². The largest absolute Gasteiger partial charge is 0.259 e. The molecular formula is C7H9NOS2. The molecule has 4 heteroatoms. The third-order valence-corrected chi connectivity index (χ3v) is 3.35. The van der Waals surface area contributed by atoms with E-state index in [9.17, 15) is 4.21 Å². The van der Waals surface area contributed by atoms with E-state index in [1.807, 2.05) is 18.2 Å². The van der Waals surface area contributed by atoms with Crippen LogP contribution in [0.2, 0.25) is 0 Å². The zero-order valence-corrected chi connectivity index (χ0v) is 7.82. The van der Waals surface area contributed by atoms with Crippen LogP contribution in [0.15, 0.2) is 29.4 Å². The fourth-order valence-electron chi connectivity index (χ4n) is 0.576. The van der Waals surface area contributed by atoms with Crippen LogP contribution in [0.1, 0.15) is 0 Å². The van der Waals surface area contributed by atoms with Crippen LogP contribution in [0.25, 0.3) is 0 Å². The molecule has 0 saturated heterocycles. The second-order valence-corrected chi connectivity index (χ2v) is 4.80. The summed E-state index contributed by atoms with van der Waals surface area (Å²) in [6.07, 6.45) is 3.43. The van der Waals surface area contributed by atoms with Gasteiger partial charge < -0.3 is 0 Å². The molecule has 1 atom stereocenters. The molecule has 60 valence electrons. The Morgan fingerprint density at radius 2 is 2.45 bits per heavy atom. The molecule has 0 fully saturated rings. The highest BCUT2D eigenvalue weighted by atomic mass is 32.2. The van der Waals surface area contributed by atoms with Crippen molar-refractivity contribution in [2.45, 2.75) is 5.03 Å². The van der Waals surface area contributed by atoms with Crippen molar-refractivity contribution in [2.75, 3.05) is 11.3 Å². The molecule has 11 heavy (non-hydrogen) atoms. The van der Waals surface area contributed by atoms with Gasteiger partial charge in [0.25, 0.3) is 0 Å². The molecule has 1 aromatic rings. The minimum Gasteiger partial charge on any atom is -0.259 e. The maximum Gasteiger partial charge on any atom is 0.0968 e. The third kappa shape index (κ3) is 3.53. The molecule has 0 amide bonds. The molecule has 0 aliphatic carbocycles. The number of pyridine rings is 1. The van der Waals surface area contributed by atoms with Crippen LogP contribution < -0.4 is 0 Å². The van der Waals surface area contributed by atoms with Crippen LogP contribution in [0.4, 0.5) is 0 Å². The highest BCUT2D eigenvalue weighted by molar-refractivity contribution is 8.10. The molecule has 0 bridgehead atoms. The van der Waals surface area contributed by atoms with Gasteiger partial charge in [0.05, 0.1) is 10.1 Å². The number of thioether (sulfide) groups is 1. The van der Waals surface area contributed by atoms with E-state index in [1.165, 1.54) is 11.8 Å². The Bertz CT molecular complexity index is 237. The van der Waals surface area contributed by atoms with Crippen LogP contribution in [0.5, 0.6) is 0 Å². The first-order valence-electron chi connectivity index (χ1n) is 3.13. The predicted molar refractivity (Wildman–Crippen MR) is 49.0 cm³/mol. The molecule has 2 nitrogen and oxygen atoms in total. The van der Waals surface area contributed by atoms with Gasteiger partial charge in [-0.2, -0.15) is 0 Å². The number of hydrogen-bond donors (Lipinski definition) is 0. The van der Waals surface area contributed by atoms with Crippen molar-refractivity contribution in [3.63, 3.8) is 0 Å². The summed E-state index contributed by atoms with van der Waals surface area (Å²) < 4.78 is 10.7. The fraction of sp³-hybridized carbons (Fsp3) is 0.286. The molecule has 0 saturated carbocycles. The summed E-state index contributed by atoms with van der Waals surface area (Å²) in [4.78, 5) is 4.08. The first-order chi connectivity index (χ1) is 5.29. The Morgan fingerprint density at radius 1 is 1.64 bits per heavy atom. The molecule has 0 aliphatic heterocycles. The van der Waals surface area contributed by atoms with Gasteiger partial charge in [0, 0.05) is 23.3 Å². The maximum absolute atomic E-state index is 10.7. The lowest BCUT2D eigenvalue weighted by Gasteiger charge is -1.95. The molecule has 1 heterocycles. The maximum atomic E-state index is 10.7. The SMILES string of the molecule is C[S@](=O)CSc1ccccn1. The first-order valence-corrected chi connectivity index (χ1v) is 5.84. The van der Waals surface area contributed by atoms with E-state index in [1.54, 1.807) is 12.5 Å². The van der Waals surface area contributed by atoms with Crippen molar-refractivity contribution in [3.05, 3.63) is 24.4 Å². The highest BCUT2D eigenvalue weighted by Crippen LogP contribution is 2.13. The Morgan fingerprint density at radius 3 is 3.00 bits per heavy atom. The van der Waals surface area contributed by atoms with E-state index in [-0.39, 0.29) is 0 Å². The van der Waals surface area contributed by atoms with Gasteiger partial charge in [-0.25, -0.2) is 4.98 Å². The monoisotopic (exact) mass is 187 g/mol. The van der Waals surface area contributed by atoms with Crippen molar-refractivity contribution in [1.82, 2.24) is 4.98 Å². The van der Waals surface area contributed by atoms with Crippen LogP contribution in [0.3, 0.4) is 0 Å². The zero-order chi connectivity index (χ0) is 8.10. The molecule has 0 aliphatic rings. The van der Waals surface area contributed by atoms with Gasteiger partial charge in [-0.1, -0.05) is 17.8 Å². The van der Waals surface area contributed by atoms with Crippen molar-refractivity contribution >= 4 is 22.6 Å². The van der Waals surface area contributed by atoms with Crippen LogP contribution in [-0.4, -0.2) is 20.5 Å². The van der Waals surface area contributed by atoms with Crippen molar-refractivity contribution in [2.24, 2.45) is 0 Å². The van der Waals surface area contributed by atoms with Crippen LogP contribution in [0, 0.1) is 0 Å². The first kappa shape index (κ1) is 8.74. The number of nitrogens with zero attached hydrogens (tertiary/aromatic N) is 1. The van der Waals surface area contributed by atoms with Crippen LogP contribution in [-0.2, 0) is 10.8 Å². The molecule has 0 spiro atoms. The Labute approximate surface area is 72.9 Å². The zero-order valence-electron chi connectivity index (χ0n) is 6.19. The number of aromatic nitrogens is 1. The van der Waals surface area contributed by atoms with E-state index in [0.717, 1.165) is 5.03 Å². The second kappa shape index (κ2) is 4.51. The number of hydrogen-bond acceptors (Lipinski definition) is 3. The van der Waals surface area contributed by atoms with Gasteiger partial charge in [-0.15, -0.1) is 0 Å². The topological polar surface area (TPSA) is 30.0 Å². The predicted octanol–water partition coefficient (Wildman–Crippen LogP) is 1.51. The molecule has 0 radical (unpaired) electrons. The lowest BCUT2D eigenvalue weighted by molar-refractivity contribution is 0.689. The minimum atomic E-state index is -0.743. The molecular weight excluding hydrogens is 178 g/mol. The summed E-state index contributed by atoms with van der Waals surface area (Å²) in [5.41, 5.74) is 0. The Balaban J connectivity index is 2.45. The van der Waals surface area contributed by atoms with Crippen molar-refractivity contribution in [1.29, 1.82) is 0 Å². The normalized spacial score (nSPS) is 12.8. The average Bonchev–Trinajstić information content (AvgIpc) is 2.03. The summed E-state index contributed by atoms with van der Waals surface area (Å²) in [6.45, 7) is 0. The van der Waals surface area contributed by atoms with Crippen molar-refractivity contribution < 1.29 is 4.21 Å². The summed E-state index contributed by atoms with van der Waals surface area (Å²) in [5, 5.41) is 1.56. The van der Waals surface area contributed by atoms with Crippen molar-refractivity contribution in [3.8, 4) is 0 Å². The van der Waals surface area contributed by atoms with Crippen LogP contribution >= 0.6 is 11.8 Å². The van der Waals surface area contributed by atoms with E-state index >= 15 is 0 Å². The summed E-state index contributed by atoms with van der Waals surface area (Å²) in [6, 6.07) is 5.71. The Kier molecular flexibility index (Phi) is 3.59. The number of rotatable bonds is 3. The van der Waals surface area contributed by atoms with Gasteiger partial charge >= 0.3 is 0 Å². The summed E-state index contributed by atoms with van der Waals surface area (Å²) >= 11 is 1.52. The fourth-order valence-corrected chi connectivity index (χ4v) is 2.03. The lowest BCUT2D eigenvalue weighted by Crippen LogP contribution is -1.88. The van der Waals surface area contributed by atoms with E-state index in [4.69, 9.17) is 0 Å². The van der Waals surface area contributed by atoms with E-state index in [0.29, 0.717) is 5.08 Å². The smallest absolute Gasteiger partial charge is 0.0968 e. The van der Waals surface area contributed by atoms with Gasteiger partial charge in [0.2, 0.25) is 0 Å². The molecule has 0 unspecified atom stereocenters. The van der Waals surface area contributed by atoms with Gasteiger partial charge in [-0.05, 0) is 12.1 Å². The van der Waals surface area contributed by atoms with E-state index in [2.05, 4.69) is 4.98 Å². The standard InChI is InChI=1S/C7H9NOS2/c1-11(9)6-10-7-4-2-3-5-8-7/h2-5H,6H2,1H3/t11-/m0/s1. The summed E-state index contributed by atoms with van der Waals surface area (Å²) in [7, 11) is -0.743. The molecule has 0 N–H and O–H groups in total.